The van der Waals surface area contributed by atoms with Gasteiger partial charge in [-0.3, -0.25) is 4.79 Å². The SMILES string of the molecule is COc1cccc(-c2cc(CCNC(=O)c3ccc4c(c3)OCO4)no2)c1. The van der Waals surface area contributed by atoms with E-state index in [1.165, 1.54) is 0 Å². The average Bonchev–Trinajstić information content (AvgIpc) is 3.36. The molecule has 0 aliphatic carbocycles. The molecule has 4 rings (SSSR count). The Morgan fingerprint density at radius 3 is 2.93 bits per heavy atom. The Labute approximate surface area is 155 Å². The number of carbonyl (C=O) groups excluding carboxylic acids is 1. The maximum absolute atomic E-state index is 12.3. The molecule has 1 aromatic heterocycles. The van der Waals surface area contributed by atoms with E-state index >= 15 is 0 Å². The van der Waals surface area contributed by atoms with Crippen LogP contribution in [0.15, 0.2) is 53.1 Å². The summed E-state index contributed by atoms with van der Waals surface area (Å²) in [5.74, 6) is 2.47. The normalized spacial score (nSPS) is 12.0. The van der Waals surface area contributed by atoms with Gasteiger partial charge in [0.2, 0.25) is 6.79 Å². The number of nitrogens with zero attached hydrogens (tertiary/aromatic N) is 1. The number of benzene rings is 2. The third-order valence-electron chi connectivity index (χ3n) is 4.21. The lowest BCUT2D eigenvalue weighted by Crippen LogP contribution is -2.25. The summed E-state index contributed by atoms with van der Waals surface area (Å²) in [6.45, 7) is 0.625. The van der Waals surface area contributed by atoms with Crippen LogP contribution in [0.4, 0.5) is 0 Å². The predicted octanol–water partition coefficient (Wildman–Crippen LogP) is 3.05. The van der Waals surface area contributed by atoms with E-state index in [9.17, 15) is 4.79 Å². The Morgan fingerprint density at radius 2 is 2.04 bits per heavy atom. The summed E-state index contributed by atoms with van der Waals surface area (Å²) in [5.41, 5.74) is 2.17. The largest absolute Gasteiger partial charge is 0.497 e. The van der Waals surface area contributed by atoms with Crippen LogP contribution >= 0.6 is 0 Å². The van der Waals surface area contributed by atoms with E-state index in [1.807, 2.05) is 30.3 Å². The molecule has 1 N–H and O–H groups in total. The van der Waals surface area contributed by atoms with Crippen LogP contribution in [0.25, 0.3) is 11.3 Å². The number of amides is 1. The van der Waals surface area contributed by atoms with Gasteiger partial charge in [-0.05, 0) is 30.3 Å². The molecule has 2 aromatic carbocycles. The second-order valence-corrected chi connectivity index (χ2v) is 5.99. The smallest absolute Gasteiger partial charge is 0.251 e. The average molecular weight is 366 g/mol. The third kappa shape index (κ3) is 3.72. The summed E-state index contributed by atoms with van der Waals surface area (Å²) in [7, 11) is 1.62. The molecule has 7 nitrogen and oxygen atoms in total. The van der Waals surface area contributed by atoms with Crippen LogP contribution in [0.1, 0.15) is 16.1 Å². The van der Waals surface area contributed by atoms with Crippen molar-refractivity contribution in [3.8, 4) is 28.6 Å². The van der Waals surface area contributed by atoms with Gasteiger partial charge in [-0.15, -0.1) is 0 Å². The van der Waals surface area contributed by atoms with Crippen molar-refractivity contribution in [3.05, 3.63) is 59.8 Å². The van der Waals surface area contributed by atoms with Gasteiger partial charge in [0.05, 0.1) is 12.8 Å². The zero-order valence-electron chi connectivity index (χ0n) is 14.7. The van der Waals surface area contributed by atoms with Crippen molar-refractivity contribution in [2.24, 2.45) is 0 Å². The van der Waals surface area contributed by atoms with Gasteiger partial charge in [0, 0.05) is 30.2 Å². The van der Waals surface area contributed by atoms with Crippen molar-refractivity contribution in [2.75, 3.05) is 20.4 Å². The molecule has 0 atom stereocenters. The zero-order valence-corrected chi connectivity index (χ0v) is 14.7. The number of methoxy groups -OCH3 is 1. The van der Waals surface area contributed by atoms with E-state index in [-0.39, 0.29) is 12.7 Å². The maximum Gasteiger partial charge on any atom is 0.251 e. The van der Waals surface area contributed by atoms with Crippen LogP contribution in [0.5, 0.6) is 17.2 Å². The number of aromatic nitrogens is 1. The van der Waals surface area contributed by atoms with Crippen molar-refractivity contribution in [2.45, 2.75) is 6.42 Å². The molecule has 0 saturated carbocycles. The fourth-order valence-corrected chi connectivity index (χ4v) is 2.79. The molecular weight excluding hydrogens is 348 g/mol. The molecule has 0 radical (unpaired) electrons. The lowest BCUT2D eigenvalue weighted by atomic mass is 10.1. The highest BCUT2D eigenvalue weighted by atomic mass is 16.7. The summed E-state index contributed by atoms with van der Waals surface area (Å²) in [6, 6.07) is 14.5. The summed E-state index contributed by atoms with van der Waals surface area (Å²) in [4.78, 5) is 12.3. The molecule has 0 fully saturated rings. The summed E-state index contributed by atoms with van der Waals surface area (Å²) in [6.07, 6.45) is 0.559. The fourth-order valence-electron chi connectivity index (χ4n) is 2.79. The molecule has 0 spiro atoms. The Hall–Kier alpha value is -3.48. The lowest BCUT2D eigenvalue weighted by molar-refractivity contribution is 0.0953. The Morgan fingerprint density at radius 1 is 1.15 bits per heavy atom. The monoisotopic (exact) mass is 366 g/mol. The fraction of sp³-hybridized carbons (Fsp3) is 0.200. The van der Waals surface area contributed by atoms with Gasteiger partial charge in [-0.2, -0.15) is 0 Å². The first-order valence-electron chi connectivity index (χ1n) is 8.51. The van der Waals surface area contributed by atoms with Crippen molar-refractivity contribution < 1.29 is 23.5 Å². The molecule has 7 heteroatoms. The first-order valence-corrected chi connectivity index (χ1v) is 8.51. The molecular formula is C20H18N2O5. The van der Waals surface area contributed by atoms with Crippen LogP contribution in [0.3, 0.4) is 0 Å². The molecule has 138 valence electrons. The molecule has 3 aromatic rings. The lowest BCUT2D eigenvalue weighted by Gasteiger charge is -2.04. The number of fused-ring (bicyclic) bond motifs is 1. The molecule has 2 heterocycles. The standard InChI is InChI=1S/C20H18N2O5/c1-24-16-4-2-3-13(9-16)18-11-15(22-27-18)7-8-21-20(23)14-5-6-17-19(10-14)26-12-25-17/h2-6,9-11H,7-8,12H2,1H3,(H,21,23). The van der Waals surface area contributed by atoms with Crippen LogP contribution in [-0.2, 0) is 6.42 Å². The zero-order chi connectivity index (χ0) is 18.6. The maximum atomic E-state index is 12.3. The number of rotatable bonds is 6. The van der Waals surface area contributed by atoms with Crippen molar-refractivity contribution in [1.29, 1.82) is 0 Å². The molecule has 1 aliphatic heterocycles. The van der Waals surface area contributed by atoms with E-state index < -0.39 is 0 Å². The van der Waals surface area contributed by atoms with Gasteiger partial charge >= 0.3 is 0 Å². The number of hydrogen-bond acceptors (Lipinski definition) is 6. The van der Waals surface area contributed by atoms with Crippen LogP contribution in [0.2, 0.25) is 0 Å². The van der Waals surface area contributed by atoms with Crippen molar-refractivity contribution in [1.82, 2.24) is 10.5 Å². The Kier molecular flexibility index (Phi) is 4.65. The Balaban J connectivity index is 1.34. The van der Waals surface area contributed by atoms with Crippen LogP contribution in [0, 0.1) is 0 Å². The van der Waals surface area contributed by atoms with Crippen LogP contribution in [-0.4, -0.2) is 31.5 Å². The molecule has 27 heavy (non-hydrogen) atoms. The van der Waals surface area contributed by atoms with Crippen molar-refractivity contribution >= 4 is 5.91 Å². The molecule has 1 aliphatic rings. The second-order valence-electron chi connectivity index (χ2n) is 5.99. The minimum atomic E-state index is -0.176. The van der Waals surface area contributed by atoms with Gasteiger partial charge in [-0.25, -0.2) is 0 Å². The first-order chi connectivity index (χ1) is 13.2. The molecule has 0 bridgehead atoms. The summed E-state index contributed by atoms with van der Waals surface area (Å²) < 4.78 is 21.1. The predicted molar refractivity (Wildman–Crippen MR) is 97.1 cm³/mol. The van der Waals surface area contributed by atoms with Gasteiger partial charge in [0.15, 0.2) is 17.3 Å². The Bertz CT molecular complexity index is 967. The molecule has 1 amide bonds. The van der Waals surface area contributed by atoms with Gasteiger partial charge in [0.1, 0.15) is 5.75 Å². The highest BCUT2D eigenvalue weighted by Crippen LogP contribution is 2.32. The quantitative estimate of drug-likeness (QED) is 0.722. The highest BCUT2D eigenvalue weighted by molar-refractivity contribution is 5.94. The molecule has 0 saturated heterocycles. The number of hydrogen-bond donors (Lipinski definition) is 1. The summed E-state index contributed by atoms with van der Waals surface area (Å²) >= 11 is 0. The second kappa shape index (κ2) is 7.41. The molecule has 0 unspecified atom stereocenters. The minimum absolute atomic E-state index is 0.176. The third-order valence-corrected chi connectivity index (χ3v) is 4.21. The van der Waals surface area contributed by atoms with Crippen molar-refractivity contribution in [3.63, 3.8) is 0 Å². The van der Waals surface area contributed by atoms with Crippen LogP contribution < -0.4 is 19.5 Å². The highest BCUT2D eigenvalue weighted by Gasteiger charge is 2.16. The number of carbonyl (C=O) groups is 1. The van der Waals surface area contributed by atoms with E-state index in [0.717, 1.165) is 17.0 Å². The van der Waals surface area contributed by atoms with E-state index in [2.05, 4.69) is 10.5 Å². The summed E-state index contributed by atoms with van der Waals surface area (Å²) in [5, 5.41) is 6.93. The van der Waals surface area contributed by atoms with Gasteiger partial charge in [-0.1, -0.05) is 17.3 Å². The van der Waals surface area contributed by atoms with Gasteiger partial charge < -0.3 is 24.1 Å². The van der Waals surface area contributed by atoms with E-state index in [1.54, 1.807) is 25.3 Å². The topological polar surface area (TPSA) is 82.8 Å². The van der Waals surface area contributed by atoms with Gasteiger partial charge in [0.25, 0.3) is 5.91 Å². The van der Waals surface area contributed by atoms with E-state index in [0.29, 0.717) is 35.8 Å². The number of nitrogens with one attached hydrogen (secondary N) is 1. The minimum Gasteiger partial charge on any atom is -0.497 e. The first kappa shape index (κ1) is 17.0. The van der Waals surface area contributed by atoms with E-state index in [4.69, 9.17) is 18.7 Å². The number of ether oxygens (including phenoxy) is 3.